The Labute approximate surface area is 108 Å². The maximum Gasteiger partial charge on any atom is 0.0834 e. The van der Waals surface area contributed by atoms with Gasteiger partial charge < -0.3 is 10.5 Å². The molecule has 0 spiro atoms. The average molecular weight is 260 g/mol. The lowest BCUT2D eigenvalue weighted by atomic mass is 9.97. The van der Waals surface area contributed by atoms with Gasteiger partial charge in [-0.1, -0.05) is 11.6 Å². The third-order valence-corrected chi connectivity index (χ3v) is 3.18. The molecular formula is C12H22ClN3O. The lowest BCUT2D eigenvalue weighted by Crippen LogP contribution is -2.30. The summed E-state index contributed by atoms with van der Waals surface area (Å²) in [5.74, 6) is 0. The number of hydrogen-bond donors (Lipinski definition) is 1. The first-order valence-electron chi connectivity index (χ1n) is 5.82. The van der Waals surface area contributed by atoms with Crippen molar-refractivity contribution in [2.45, 2.75) is 51.8 Å². The van der Waals surface area contributed by atoms with Crippen LogP contribution in [0.15, 0.2) is 6.20 Å². The molecule has 5 heteroatoms. The Morgan fingerprint density at radius 3 is 2.59 bits per heavy atom. The molecule has 0 aromatic carbocycles. The largest absolute Gasteiger partial charge is 0.379 e. The van der Waals surface area contributed by atoms with E-state index < -0.39 is 0 Å². The van der Waals surface area contributed by atoms with Crippen LogP contribution in [0.5, 0.6) is 0 Å². The monoisotopic (exact) mass is 259 g/mol. The van der Waals surface area contributed by atoms with Gasteiger partial charge in [-0.25, -0.2) is 0 Å². The molecule has 0 saturated carbocycles. The van der Waals surface area contributed by atoms with Gasteiger partial charge in [0.2, 0.25) is 0 Å². The van der Waals surface area contributed by atoms with E-state index in [1.54, 1.807) is 13.3 Å². The Bertz CT molecular complexity index is 374. The van der Waals surface area contributed by atoms with Crippen LogP contribution in [0.3, 0.4) is 0 Å². The van der Waals surface area contributed by atoms with Crippen LogP contribution >= 0.6 is 11.6 Å². The maximum atomic E-state index is 6.22. The highest BCUT2D eigenvalue weighted by atomic mass is 35.5. The number of nitrogens with two attached hydrogens (primary N) is 1. The lowest BCUT2D eigenvalue weighted by Gasteiger charge is -2.27. The molecule has 0 aliphatic heterocycles. The number of hydrogen-bond acceptors (Lipinski definition) is 3. The number of halogens is 1. The van der Waals surface area contributed by atoms with E-state index in [9.17, 15) is 0 Å². The molecule has 1 aromatic rings. The van der Waals surface area contributed by atoms with Crippen LogP contribution in [0.25, 0.3) is 0 Å². The molecule has 2 N–H and O–H groups in total. The smallest absolute Gasteiger partial charge is 0.0834 e. The second kappa shape index (κ2) is 5.38. The van der Waals surface area contributed by atoms with E-state index in [-0.39, 0.29) is 17.7 Å². The normalized spacial score (nSPS) is 14.4. The predicted molar refractivity (Wildman–Crippen MR) is 70.3 cm³/mol. The predicted octanol–water partition coefficient (Wildman–Crippen LogP) is 2.93. The third-order valence-electron chi connectivity index (χ3n) is 2.89. The van der Waals surface area contributed by atoms with Crippen LogP contribution < -0.4 is 5.73 Å². The zero-order valence-corrected chi connectivity index (χ0v) is 12.0. The van der Waals surface area contributed by atoms with Crippen molar-refractivity contribution in [2.24, 2.45) is 5.73 Å². The van der Waals surface area contributed by atoms with Crippen molar-refractivity contribution in [3.8, 4) is 0 Å². The molecule has 0 saturated heterocycles. The second-order valence-electron chi connectivity index (χ2n) is 5.19. The fourth-order valence-electron chi connectivity index (χ4n) is 1.82. The van der Waals surface area contributed by atoms with Crippen LogP contribution in [0.2, 0.25) is 5.02 Å². The number of nitrogens with zero attached hydrogens (tertiary/aromatic N) is 2. The van der Waals surface area contributed by atoms with Crippen molar-refractivity contribution in [3.63, 3.8) is 0 Å². The average Bonchev–Trinajstić information content (AvgIpc) is 2.59. The minimum atomic E-state index is -0.269. The molecule has 98 valence electrons. The van der Waals surface area contributed by atoms with Crippen molar-refractivity contribution in [2.75, 3.05) is 7.11 Å². The van der Waals surface area contributed by atoms with Gasteiger partial charge in [-0.05, 0) is 34.1 Å². The van der Waals surface area contributed by atoms with Gasteiger partial charge in [0.1, 0.15) is 0 Å². The van der Waals surface area contributed by atoms with E-state index >= 15 is 0 Å². The number of methoxy groups -OCH3 is 1. The van der Waals surface area contributed by atoms with Crippen molar-refractivity contribution in [1.82, 2.24) is 9.78 Å². The van der Waals surface area contributed by atoms with Crippen LogP contribution in [-0.4, -0.2) is 22.5 Å². The van der Waals surface area contributed by atoms with E-state index in [1.165, 1.54) is 0 Å². The van der Waals surface area contributed by atoms with Crippen molar-refractivity contribution in [3.05, 3.63) is 16.9 Å². The van der Waals surface area contributed by atoms with Crippen molar-refractivity contribution >= 4 is 11.6 Å². The van der Waals surface area contributed by atoms with E-state index in [2.05, 4.69) is 18.9 Å². The van der Waals surface area contributed by atoms with Crippen LogP contribution in [0.4, 0.5) is 0 Å². The number of aromatic nitrogens is 2. The summed E-state index contributed by atoms with van der Waals surface area (Å²) < 4.78 is 7.27. The first kappa shape index (κ1) is 14.5. The summed E-state index contributed by atoms with van der Waals surface area (Å²) in [5.41, 5.74) is 6.83. The Kier molecular flexibility index (Phi) is 4.58. The summed E-state index contributed by atoms with van der Waals surface area (Å²) in [5, 5.41) is 4.88. The summed E-state index contributed by atoms with van der Waals surface area (Å²) >= 11 is 6.15. The first-order valence-corrected chi connectivity index (χ1v) is 6.20. The first-order chi connectivity index (χ1) is 7.78. The van der Waals surface area contributed by atoms with Crippen LogP contribution in [-0.2, 0) is 4.74 Å². The molecule has 1 heterocycles. The Morgan fingerprint density at radius 2 is 2.12 bits per heavy atom. The maximum absolute atomic E-state index is 6.22. The summed E-state index contributed by atoms with van der Waals surface area (Å²) in [6.07, 6.45) is 2.35. The van der Waals surface area contributed by atoms with E-state index in [0.717, 1.165) is 5.69 Å². The second-order valence-corrected chi connectivity index (χ2v) is 5.60. The quantitative estimate of drug-likeness (QED) is 0.885. The summed E-state index contributed by atoms with van der Waals surface area (Å²) in [6.45, 7) is 8.13. The highest BCUT2D eigenvalue weighted by molar-refractivity contribution is 6.31. The molecule has 0 aliphatic rings. The summed E-state index contributed by atoms with van der Waals surface area (Å²) in [7, 11) is 1.69. The minimum Gasteiger partial charge on any atom is -0.379 e. The van der Waals surface area contributed by atoms with Gasteiger partial charge in [0.05, 0.1) is 28.6 Å². The molecule has 1 rings (SSSR count). The van der Waals surface area contributed by atoms with Crippen LogP contribution in [0, 0.1) is 0 Å². The molecule has 4 nitrogen and oxygen atoms in total. The molecule has 1 atom stereocenters. The zero-order valence-electron chi connectivity index (χ0n) is 11.2. The minimum absolute atomic E-state index is 0.178. The van der Waals surface area contributed by atoms with Crippen LogP contribution in [0.1, 0.15) is 51.9 Å². The standard InChI is InChI=1S/C12H22ClN3O/c1-8(2)16-11(9(13)7-15-16)10(14)6-12(3,4)17-5/h7-8,10H,6,14H2,1-5H3. The Balaban J connectivity index is 2.96. The molecule has 0 fully saturated rings. The van der Waals surface area contributed by atoms with Gasteiger partial charge in [0, 0.05) is 13.2 Å². The number of ether oxygens (including phenoxy) is 1. The van der Waals surface area contributed by atoms with Gasteiger partial charge >= 0.3 is 0 Å². The molecule has 1 aromatic heterocycles. The summed E-state index contributed by atoms with van der Waals surface area (Å²) in [4.78, 5) is 0. The zero-order chi connectivity index (χ0) is 13.2. The fourth-order valence-corrected chi connectivity index (χ4v) is 2.09. The van der Waals surface area contributed by atoms with Crippen molar-refractivity contribution < 1.29 is 4.74 Å². The Hall–Kier alpha value is -0.580. The van der Waals surface area contributed by atoms with Gasteiger partial charge in [0.25, 0.3) is 0 Å². The van der Waals surface area contributed by atoms with Gasteiger partial charge in [0.15, 0.2) is 0 Å². The molecule has 0 bridgehead atoms. The number of rotatable bonds is 5. The Morgan fingerprint density at radius 1 is 1.53 bits per heavy atom. The van der Waals surface area contributed by atoms with E-state index in [0.29, 0.717) is 11.4 Å². The van der Waals surface area contributed by atoms with Gasteiger partial charge in [-0.3, -0.25) is 4.68 Å². The SMILES string of the molecule is COC(C)(C)CC(N)c1c(Cl)cnn1C(C)C. The summed E-state index contributed by atoms with van der Waals surface area (Å²) in [6, 6.07) is 0.0663. The molecule has 0 aliphatic carbocycles. The lowest BCUT2D eigenvalue weighted by molar-refractivity contribution is 0.00928. The van der Waals surface area contributed by atoms with Gasteiger partial charge in [-0.15, -0.1) is 0 Å². The highest BCUT2D eigenvalue weighted by Crippen LogP contribution is 2.30. The third kappa shape index (κ3) is 3.44. The van der Waals surface area contributed by atoms with E-state index in [4.69, 9.17) is 22.1 Å². The van der Waals surface area contributed by atoms with Gasteiger partial charge in [-0.2, -0.15) is 5.10 Å². The molecule has 0 radical (unpaired) electrons. The molecule has 1 unspecified atom stereocenters. The highest BCUT2D eigenvalue weighted by Gasteiger charge is 2.26. The molecule has 17 heavy (non-hydrogen) atoms. The topological polar surface area (TPSA) is 53.1 Å². The molecule has 0 amide bonds. The van der Waals surface area contributed by atoms with Crippen molar-refractivity contribution in [1.29, 1.82) is 0 Å². The molecular weight excluding hydrogens is 238 g/mol. The van der Waals surface area contributed by atoms with E-state index in [1.807, 2.05) is 18.5 Å². The fraction of sp³-hybridized carbons (Fsp3) is 0.750.